The molecule has 1 aromatic heterocycles. The van der Waals surface area contributed by atoms with Gasteiger partial charge < -0.3 is 19.5 Å². The Morgan fingerprint density at radius 1 is 1.23 bits per heavy atom. The molecule has 1 fully saturated rings. The first-order valence-corrected chi connectivity index (χ1v) is 13.5. The smallest absolute Gasteiger partial charge is 0.330 e. The van der Waals surface area contributed by atoms with Crippen molar-refractivity contribution in [3.63, 3.8) is 0 Å². The molecule has 0 aliphatic carbocycles. The molecule has 0 unspecified atom stereocenters. The van der Waals surface area contributed by atoms with Crippen LogP contribution in [0.1, 0.15) is 43.1 Å². The first kappa shape index (κ1) is 29.6. The van der Waals surface area contributed by atoms with E-state index < -0.39 is 44.3 Å². The van der Waals surface area contributed by atoms with Crippen LogP contribution in [0.3, 0.4) is 0 Å². The minimum Gasteiger partial charge on any atom is -0.462 e. The van der Waals surface area contributed by atoms with Crippen LogP contribution in [0.4, 0.5) is 8.78 Å². The van der Waals surface area contributed by atoms with Gasteiger partial charge in [0.2, 0.25) is 17.6 Å². The number of carbonyl (C=O) groups is 3. The number of ketones is 1. The molecule has 1 N–H and O–H groups in total. The zero-order valence-electron chi connectivity index (χ0n) is 21.9. The van der Waals surface area contributed by atoms with Crippen molar-refractivity contribution >= 4 is 48.8 Å². The molecule has 3 aromatic rings. The summed E-state index contributed by atoms with van der Waals surface area (Å²) in [6, 6.07) is 8.17. The Labute approximate surface area is 235 Å². The zero-order chi connectivity index (χ0) is 29.2. The Morgan fingerprint density at radius 2 is 1.98 bits per heavy atom. The van der Waals surface area contributed by atoms with E-state index in [1.807, 2.05) is 0 Å². The molecule has 2 aromatic carbocycles. The quantitative estimate of drug-likeness (QED) is 0.196. The summed E-state index contributed by atoms with van der Waals surface area (Å²) in [7, 11) is -0.566. The van der Waals surface area contributed by atoms with E-state index >= 15 is 0 Å². The number of nitrogens with zero attached hydrogens (tertiary/aromatic N) is 2. The highest BCUT2D eigenvalue weighted by atomic mass is 35.5. The molecule has 0 spiro atoms. The maximum Gasteiger partial charge on any atom is 0.330 e. The van der Waals surface area contributed by atoms with Crippen LogP contribution in [0, 0.1) is 5.82 Å². The minimum absolute atomic E-state index is 0.0909. The molecule has 9 nitrogen and oxygen atoms in total. The van der Waals surface area contributed by atoms with Crippen LogP contribution in [0.5, 0.6) is 5.75 Å². The Hall–Kier alpha value is -3.40. The number of carbonyl (C=O) groups excluding carboxylic acids is 3. The molecule has 1 aliphatic heterocycles. The molecule has 1 aliphatic rings. The van der Waals surface area contributed by atoms with Crippen LogP contribution in [-0.2, 0) is 31.8 Å². The normalized spacial score (nSPS) is 17.4. The third-order valence-corrected chi connectivity index (χ3v) is 7.32. The summed E-state index contributed by atoms with van der Waals surface area (Å²) in [6.07, 6.45) is -0.0984. The fourth-order valence-electron chi connectivity index (χ4n) is 4.67. The molecule has 2 atom stereocenters. The largest absolute Gasteiger partial charge is 0.462 e. The van der Waals surface area contributed by atoms with Crippen molar-refractivity contribution < 1.29 is 37.0 Å². The first-order chi connectivity index (χ1) is 18.9. The van der Waals surface area contributed by atoms with Gasteiger partial charge >= 0.3 is 8.69 Å². The topological polar surface area (TPSA) is 107 Å². The average Bonchev–Trinajstić information content (AvgIpc) is 3.45. The number of rotatable bonds is 10. The summed E-state index contributed by atoms with van der Waals surface area (Å²) in [5.41, 5.74) is 1.01. The van der Waals surface area contributed by atoms with E-state index in [9.17, 15) is 27.7 Å². The van der Waals surface area contributed by atoms with Gasteiger partial charge in [-0.05, 0) is 25.1 Å². The van der Waals surface area contributed by atoms with Crippen molar-refractivity contribution in [2.45, 2.75) is 58.3 Å². The van der Waals surface area contributed by atoms with Crippen molar-refractivity contribution in [2.24, 2.45) is 0 Å². The van der Waals surface area contributed by atoms with E-state index in [-0.39, 0.29) is 42.4 Å². The molecule has 212 valence electrons. The number of aromatic nitrogens is 1. The molecule has 13 heteroatoms. The van der Waals surface area contributed by atoms with Crippen molar-refractivity contribution in [3.05, 3.63) is 64.6 Å². The van der Waals surface area contributed by atoms with E-state index in [2.05, 4.69) is 5.32 Å². The van der Waals surface area contributed by atoms with Crippen molar-refractivity contribution in [2.75, 3.05) is 6.54 Å². The third-order valence-electron chi connectivity index (χ3n) is 6.52. The Balaban J connectivity index is 1.55. The van der Waals surface area contributed by atoms with Crippen molar-refractivity contribution in [3.8, 4) is 5.75 Å². The maximum absolute atomic E-state index is 14.4. The van der Waals surface area contributed by atoms with Crippen LogP contribution < -0.4 is 10.1 Å². The molecule has 1 saturated heterocycles. The second-order valence-corrected chi connectivity index (χ2v) is 10.6. The lowest BCUT2D eigenvalue weighted by Gasteiger charge is -2.24. The number of hydrogen-bond acceptors (Lipinski definition) is 6. The van der Waals surface area contributed by atoms with Crippen LogP contribution in [0.2, 0.25) is 5.02 Å². The van der Waals surface area contributed by atoms with E-state index in [4.69, 9.17) is 20.9 Å². The molecular formula is C27H27ClF2N3O6P. The van der Waals surface area contributed by atoms with E-state index in [0.717, 1.165) is 4.90 Å². The molecule has 0 bridgehead atoms. The first-order valence-electron chi connectivity index (χ1n) is 12.4. The number of nitrogens with one attached hydrogen (secondary N) is 1. The summed E-state index contributed by atoms with van der Waals surface area (Å²) >= 11 is 5.79. The van der Waals surface area contributed by atoms with Crippen LogP contribution in [0.15, 0.2) is 42.6 Å². The van der Waals surface area contributed by atoms with Gasteiger partial charge in [-0.2, -0.15) is 0 Å². The number of ether oxygens (including phenoxy) is 1. The molecule has 0 saturated carbocycles. The lowest BCUT2D eigenvalue weighted by atomic mass is 10.1. The predicted molar refractivity (Wildman–Crippen MR) is 144 cm³/mol. The number of amides is 2. The van der Waals surface area contributed by atoms with Crippen LogP contribution >= 0.6 is 20.3 Å². The lowest BCUT2D eigenvalue weighted by Crippen LogP contribution is -2.46. The molecule has 4 rings (SSSR count). The SMILES string of the molecule is CC(=O)c1cn(CC(=O)N2C[C@H](F)C[C@H]2C(=O)NCc2cccc(Cl)c2F)c2cc(OC(C)(C)OP=O)ccc12. The van der Waals surface area contributed by atoms with Gasteiger partial charge in [0.05, 0.1) is 17.1 Å². The van der Waals surface area contributed by atoms with Gasteiger partial charge in [0.1, 0.15) is 30.3 Å². The fraction of sp³-hybridized carbons (Fsp3) is 0.370. The van der Waals surface area contributed by atoms with Crippen molar-refractivity contribution in [1.29, 1.82) is 0 Å². The predicted octanol–water partition coefficient (Wildman–Crippen LogP) is 5.23. The van der Waals surface area contributed by atoms with Gasteiger partial charge in [-0.25, -0.2) is 13.3 Å². The number of hydrogen-bond donors (Lipinski definition) is 1. The van der Waals surface area contributed by atoms with Crippen LogP contribution in [0.25, 0.3) is 10.9 Å². The monoisotopic (exact) mass is 593 g/mol. The van der Waals surface area contributed by atoms with E-state index in [1.165, 1.54) is 29.8 Å². The summed E-state index contributed by atoms with van der Waals surface area (Å²) < 4.78 is 51.9. The molecule has 40 heavy (non-hydrogen) atoms. The summed E-state index contributed by atoms with van der Waals surface area (Å²) in [5, 5.41) is 3.04. The lowest BCUT2D eigenvalue weighted by molar-refractivity contribution is -0.139. The maximum atomic E-state index is 14.4. The van der Waals surface area contributed by atoms with Gasteiger partial charge in [-0.1, -0.05) is 23.7 Å². The number of benzene rings is 2. The number of likely N-dealkylation sites (tertiary alicyclic amines) is 1. The Bertz CT molecular complexity index is 1480. The second-order valence-electron chi connectivity index (χ2n) is 9.90. The summed E-state index contributed by atoms with van der Waals surface area (Å²) in [6.45, 7) is 3.78. The Kier molecular flexibility index (Phi) is 8.87. The second kappa shape index (κ2) is 12.0. The molecule has 2 amide bonds. The highest BCUT2D eigenvalue weighted by Crippen LogP contribution is 2.30. The van der Waals surface area contributed by atoms with E-state index in [1.54, 1.807) is 38.1 Å². The molecule has 0 radical (unpaired) electrons. The number of alkyl halides is 1. The van der Waals surface area contributed by atoms with Gasteiger partial charge in [0, 0.05) is 55.6 Å². The number of fused-ring (bicyclic) bond motifs is 1. The van der Waals surface area contributed by atoms with Gasteiger partial charge in [0.25, 0.3) is 0 Å². The van der Waals surface area contributed by atoms with Crippen molar-refractivity contribution in [1.82, 2.24) is 14.8 Å². The highest BCUT2D eigenvalue weighted by Gasteiger charge is 2.40. The zero-order valence-corrected chi connectivity index (χ0v) is 23.6. The average molecular weight is 594 g/mol. The summed E-state index contributed by atoms with van der Waals surface area (Å²) in [5.74, 6) is -2.95. The third kappa shape index (κ3) is 6.49. The molecule has 2 heterocycles. The fourth-order valence-corrected chi connectivity index (χ4v) is 5.08. The summed E-state index contributed by atoms with van der Waals surface area (Å²) in [4.78, 5) is 39.8. The standard InChI is InChI=1S/C27H27ClF2N3O6P/c1-15(34)20-13-32(22-10-18(7-8-19(20)22)38-27(2,3)39-40-37)14-24(35)33-12-17(29)9-23(33)26(36)31-11-16-5-4-6-21(28)25(16)30/h4-8,10,13,17,23H,9,11-12,14H2,1-3H3,(H,31,36)/t17-,23+/m1/s1. The Morgan fingerprint density at radius 3 is 2.67 bits per heavy atom. The minimum atomic E-state index is -1.42. The molecular weight excluding hydrogens is 567 g/mol. The van der Waals surface area contributed by atoms with Gasteiger partial charge in [-0.15, -0.1) is 0 Å². The van der Waals surface area contributed by atoms with Gasteiger partial charge in [0.15, 0.2) is 5.78 Å². The van der Waals surface area contributed by atoms with Crippen LogP contribution in [-0.4, -0.2) is 51.6 Å². The van der Waals surface area contributed by atoms with Gasteiger partial charge in [-0.3, -0.25) is 18.9 Å². The number of halogens is 3. The highest BCUT2D eigenvalue weighted by molar-refractivity contribution is 7.17. The van der Waals surface area contributed by atoms with E-state index in [0.29, 0.717) is 22.2 Å². The number of Topliss-reactive ketones (excluding diaryl/α,β-unsaturated/α-hetero) is 1.